The van der Waals surface area contributed by atoms with Crippen molar-refractivity contribution < 1.29 is 63.5 Å². The molecule has 212 valence electrons. The second kappa shape index (κ2) is 11.7. The molecule has 3 heterocycles. The van der Waals surface area contributed by atoms with E-state index in [1.54, 1.807) is 0 Å². The number of fused-ring (bicyclic) bond motifs is 1. The van der Waals surface area contributed by atoms with Crippen LogP contribution >= 0.6 is 0 Å². The molecule has 2 saturated heterocycles. The molecule has 0 spiro atoms. The molecule has 1 aromatic rings. The van der Waals surface area contributed by atoms with Crippen LogP contribution in [0.3, 0.4) is 0 Å². The lowest BCUT2D eigenvalue weighted by atomic mass is 9.76. The molecule has 0 aromatic heterocycles. The summed E-state index contributed by atoms with van der Waals surface area (Å²) in [5.74, 6) is -2.59. The third-order valence-corrected chi connectivity index (χ3v) is 6.78. The summed E-state index contributed by atoms with van der Waals surface area (Å²) in [6, 6.07) is 4.37. The van der Waals surface area contributed by atoms with E-state index in [0.717, 1.165) is 12.3 Å². The van der Waals surface area contributed by atoms with Crippen molar-refractivity contribution in [2.75, 3.05) is 20.3 Å². The maximum atomic E-state index is 12.5. The number of hydrogen-bond donors (Lipinski definition) is 5. The van der Waals surface area contributed by atoms with Crippen LogP contribution < -0.4 is 4.74 Å². The van der Waals surface area contributed by atoms with Gasteiger partial charge in [-0.15, -0.1) is 6.58 Å². The molecular formula is C26H30O13. The van der Waals surface area contributed by atoms with Crippen molar-refractivity contribution in [3.63, 3.8) is 0 Å². The normalized spacial score (nSPS) is 34.3. The summed E-state index contributed by atoms with van der Waals surface area (Å²) in [4.78, 5) is 24.6. The first-order valence-corrected chi connectivity index (χ1v) is 12.0. The average molecular weight is 551 g/mol. The Morgan fingerprint density at radius 1 is 1.26 bits per heavy atom. The van der Waals surface area contributed by atoms with Gasteiger partial charge in [0.25, 0.3) is 0 Å². The predicted molar refractivity (Wildman–Crippen MR) is 130 cm³/mol. The smallest absolute Gasteiger partial charge is 0.340 e. The number of hydrogen-bond acceptors (Lipinski definition) is 13. The lowest BCUT2D eigenvalue weighted by molar-refractivity contribution is -0.344. The Kier molecular flexibility index (Phi) is 8.59. The topological polar surface area (TPSA) is 191 Å². The molecule has 39 heavy (non-hydrogen) atoms. The zero-order valence-electron chi connectivity index (χ0n) is 20.9. The van der Waals surface area contributed by atoms with Gasteiger partial charge in [0.2, 0.25) is 6.29 Å². The fraction of sp³-hybridized carbons (Fsp3) is 0.462. The molecule has 0 bridgehead atoms. The minimum absolute atomic E-state index is 0.0377. The Bertz CT molecular complexity index is 1150. The van der Waals surface area contributed by atoms with Crippen molar-refractivity contribution in [3.05, 3.63) is 54.3 Å². The summed E-state index contributed by atoms with van der Waals surface area (Å²) in [6.07, 6.45) is -4.41. The highest BCUT2D eigenvalue weighted by Crippen LogP contribution is 2.42. The van der Waals surface area contributed by atoms with Crippen LogP contribution in [-0.2, 0) is 33.3 Å². The van der Waals surface area contributed by atoms with Crippen LogP contribution in [0.1, 0.15) is 12.0 Å². The molecule has 13 heteroatoms. The molecule has 0 amide bonds. The Hall–Kier alpha value is -3.46. The van der Waals surface area contributed by atoms with E-state index in [-0.39, 0.29) is 30.1 Å². The molecule has 4 rings (SSSR count). The van der Waals surface area contributed by atoms with Gasteiger partial charge >= 0.3 is 11.9 Å². The predicted octanol–water partition coefficient (Wildman–Crippen LogP) is -0.498. The number of aliphatic hydroxyl groups is 4. The molecule has 0 unspecified atom stereocenters. The van der Waals surface area contributed by atoms with E-state index >= 15 is 0 Å². The van der Waals surface area contributed by atoms with Gasteiger partial charge in [0.05, 0.1) is 32.5 Å². The number of esters is 2. The Morgan fingerprint density at radius 3 is 2.72 bits per heavy atom. The number of methoxy groups -OCH3 is 1. The van der Waals surface area contributed by atoms with Crippen molar-refractivity contribution >= 4 is 18.0 Å². The maximum absolute atomic E-state index is 12.5. The SMILES string of the molecule is C=C[C@H]1[C@@H](O[C@@H]2O[C@H](CO)[C@@H](O)[C@@H](OC(=O)C=Cc3ccc(O)c(OC)c3)[C@H]2O)OC=C2C(=O)OCC[C@@]21O. The van der Waals surface area contributed by atoms with Crippen LogP contribution in [0.4, 0.5) is 0 Å². The number of phenolic OH excluding ortho intramolecular Hbond substituents is 1. The average Bonchev–Trinajstić information content (AvgIpc) is 2.91. The second-order valence-corrected chi connectivity index (χ2v) is 9.12. The van der Waals surface area contributed by atoms with Gasteiger partial charge in [-0.2, -0.15) is 0 Å². The summed E-state index contributed by atoms with van der Waals surface area (Å²) >= 11 is 0. The lowest BCUT2D eigenvalue weighted by Gasteiger charge is -2.46. The molecule has 1 aromatic carbocycles. The van der Waals surface area contributed by atoms with E-state index in [4.69, 9.17) is 28.4 Å². The van der Waals surface area contributed by atoms with Gasteiger partial charge in [0.1, 0.15) is 29.5 Å². The number of phenols is 1. The Morgan fingerprint density at radius 2 is 2.03 bits per heavy atom. The van der Waals surface area contributed by atoms with Crippen molar-refractivity contribution in [2.45, 2.75) is 49.0 Å². The number of ether oxygens (including phenoxy) is 6. The summed E-state index contributed by atoms with van der Waals surface area (Å²) < 4.78 is 32.0. The third-order valence-electron chi connectivity index (χ3n) is 6.78. The van der Waals surface area contributed by atoms with Gasteiger partial charge < -0.3 is 54.0 Å². The Balaban J connectivity index is 1.49. The van der Waals surface area contributed by atoms with E-state index in [9.17, 15) is 35.1 Å². The van der Waals surface area contributed by atoms with Crippen molar-refractivity contribution in [2.24, 2.45) is 5.92 Å². The van der Waals surface area contributed by atoms with E-state index in [1.807, 2.05) is 0 Å². The summed E-state index contributed by atoms with van der Waals surface area (Å²) in [7, 11) is 1.37. The van der Waals surface area contributed by atoms with E-state index < -0.39 is 67.1 Å². The second-order valence-electron chi connectivity index (χ2n) is 9.12. The first-order chi connectivity index (χ1) is 18.6. The zero-order valence-corrected chi connectivity index (χ0v) is 20.9. The molecule has 2 fully saturated rings. The number of carbonyl (C=O) groups is 2. The number of carbonyl (C=O) groups excluding carboxylic acids is 2. The van der Waals surface area contributed by atoms with Gasteiger partial charge in [-0.3, -0.25) is 0 Å². The van der Waals surface area contributed by atoms with Crippen molar-refractivity contribution in [1.29, 1.82) is 0 Å². The number of rotatable bonds is 8. The van der Waals surface area contributed by atoms with Crippen LogP contribution in [-0.4, -0.2) is 100 Å². The maximum Gasteiger partial charge on any atom is 0.340 e. The van der Waals surface area contributed by atoms with Gasteiger partial charge in [-0.05, 0) is 23.8 Å². The van der Waals surface area contributed by atoms with E-state index in [2.05, 4.69) is 6.58 Å². The first-order valence-electron chi connectivity index (χ1n) is 12.0. The fourth-order valence-corrected chi connectivity index (χ4v) is 4.63. The van der Waals surface area contributed by atoms with Crippen molar-refractivity contribution in [1.82, 2.24) is 0 Å². The molecule has 0 aliphatic carbocycles. The quantitative estimate of drug-likeness (QED) is 0.158. The minimum atomic E-state index is -1.75. The van der Waals surface area contributed by atoms with Gasteiger partial charge in [0, 0.05) is 12.5 Å². The highest BCUT2D eigenvalue weighted by Gasteiger charge is 2.55. The van der Waals surface area contributed by atoms with Crippen LogP contribution in [0.15, 0.2) is 48.8 Å². The molecular weight excluding hydrogens is 520 g/mol. The molecule has 13 nitrogen and oxygen atoms in total. The van der Waals surface area contributed by atoms with Gasteiger partial charge in [-0.1, -0.05) is 12.1 Å². The van der Waals surface area contributed by atoms with Crippen LogP contribution in [0.5, 0.6) is 11.5 Å². The Labute approximate surface area is 223 Å². The lowest BCUT2D eigenvalue weighted by Crippen LogP contribution is -2.62. The summed E-state index contributed by atoms with van der Waals surface area (Å²) in [5, 5.41) is 52.1. The third kappa shape index (κ3) is 5.64. The summed E-state index contributed by atoms with van der Waals surface area (Å²) in [5.41, 5.74) is -1.34. The van der Waals surface area contributed by atoms with Gasteiger partial charge in [0.15, 0.2) is 23.9 Å². The molecule has 8 atom stereocenters. The molecule has 0 saturated carbocycles. The molecule has 5 N–H and O–H groups in total. The zero-order chi connectivity index (χ0) is 28.3. The summed E-state index contributed by atoms with van der Waals surface area (Å²) in [6.45, 7) is 2.93. The van der Waals surface area contributed by atoms with E-state index in [1.165, 1.54) is 37.5 Å². The van der Waals surface area contributed by atoms with Crippen molar-refractivity contribution in [3.8, 4) is 11.5 Å². The van der Waals surface area contributed by atoms with Crippen LogP contribution in [0, 0.1) is 5.92 Å². The minimum Gasteiger partial charge on any atom is -0.504 e. The molecule has 3 aliphatic rings. The highest BCUT2D eigenvalue weighted by atomic mass is 16.8. The monoisotopic (exact) mass is 550 g/mol. The van der Waals surface area contributed by atoms with Crippen LogP contribution in [0.25, 0.3) is 6.08 Å². The number of benzene rings is 1. The molecule has 0 radical (unpaired) electrons. The van der Waals surface area contributed by atoms with Gasteiger partial charge in [-0.25, -0.2) is 9.59 Å². The number of aliphatic hydroxyl groups excluding tert-OH is 3. The van der Waals surface area contributed by atoms with E-state index in [0.29, 0.717) is 5.56 Å². The first kappa shape index (κ1) is 28.5. The number of cyclic esters (lactones) is 1. The highest BCUT2D eigenvalue weighted by molar-refractivity contribution is 5.91. The fourth-order valence-electron chi connectivity index (χ4n) is 4.63. The standard InChI is InChI=1S/C26H30O13/c1-3-14-24(36-12-15-23(32)35-9-8-26(14,15)33)39-25-21(31)22(20(30)18(11-27)37-25)38-19(29)7-5-13-4-6-16(28)17(10-13)34-2/h3-7,10,12,14,18,20-22,24-25,27-28,30-31,33H,1,8-9,11H2,2H3/t14-,18+,20+,21+,22+,24+,25-,26-/m0/s1. The molecule has 3 aliphatic heterocycles. The van der Waals surface area contributed by atoms with Crippen LogP contribution in [0.2, 0.25) is 0 Å². The largest absolute Gasteiger partial charge is 0.504 e. The number of aromatic hydroxyl groups is 1.